The molecule has 0 spiro atoms. The molecule has 0 aromatic carbocycles. The Labute approximate surface area is 452 Å². The first-order valence-corrected chi connectivity index (χ1v) is 31.1. The Morgan fingerprint density at radius 2 is 0.534 bits per heavy atom. The molecule has 0 N–H and O–H groups in total. The highest BCUT2D eigenvalue weighted by Gasteiger charge is 2.19. The lowest BCUT2D eigenvalue weighted by Gasteiger charge is -2.18. The van der Waals surface area contributed by atoms with E-state index in [1.165, 1.54) is 167 Å². The third-order valence-corrected chi connectivity index (χ3v) is 13.4. The van der Waals surface area contributed by atoms with Crippen LogP contribution in [-0.4, -0.2) is 37.2 Å². The van der Waals surface area contributed by atoms with Gasteiger partial charge in [-0.05, 0) is 96.3 Å². The van der Waals surface area contributed by atoms with E-state index in [9.17, 15) is 14.4 Å². The maximum absolute atomic E-state index is 12.8. The number of allylic oxidation sites excluding steroid dienone is 14. The highest BCUT2D eigenvalue weighted by atomic mass is 16.6. The molecule has 0 saturated carbocycles. The van der Waals surface area contributed by atoms with E-state index in [1.54, 1.807) is 0 Å². The van der Waals surface area contributed by atoms with Crippen LogP contribution in [0.2, 0.25) is 0 Å². The third-order valence-electron chi connectivity index (χ3n) is 13.4. The van der Waals surface area contributed by atoms with Crippen LogP contribution >= 0.6 is 0 Å². The van der Waals surface area contributed by atoms with Crippen molar-refractivity contribution in [1.29, 1.82) is 0 Å². The number of esters is 3. The number of hydrogen-bond donors (Lipinski definition) is 0. The van der Waals surface area contributed by atoms with Gasteiger partial charge < -0.3 is 14.2 Å². The van der Waals surface area contributed by atoms with Gasteiger partial charge in [0.15, 0.2) is 6.10 Å². The van der Waals surface area contributed by atoms with E-state index >= 15 is 0 Å². The van der Waals surface area contributed by atoms with Gasteiger partial charge in [0.05, 0.1) is 0 Å². The molecule has 1 atom stereocenters. The van der Waals surface area contributed by atoms with Crippen molar-refractivity contribution in [3.8, 4) is 0 Å². The monoisotopic (exact) mass is 1020 g/mol. The lowest BCUT2D eigenvalue weighted by Crippen LogP contribution is -2.30. The van der Waals surface area contributed by atoms with E-state index in [-0.39, 0.29) is 37.5 Å². The lowest BCUT2D eigenvalue weighted by atomic mass is 10.0. The topological polar surface area (TPSA) is 78.9 Å². The van der Waals surface area contributed by atoms with Crippen LogP contribution in [0.4, 0.5) is 0 Å². The van der Waals surface area contributed by atoms with Crippen LogP contribution in [0.15, 0.2) is 85.1 Å². The van der Waals surface area contributed by atoms with Crippen LogP contribution in [-0.2, 0) is 28.6 Å². The number of carbonyl (C=O) groups is 3. The molecule has 0 radical (unpaired) electrons. The summed E-state index contributed by atoms with van der Waals surface area (Å²) in [5, 5.41) is 0. The fraction of sp³-hybridized carbons (Fsp3) is 0.746. The van der Waals surface area contributed by atoms with Crippen LogP contribution < -0.4 is 0 Å². The normalized spacial score (nSPS) is 12.6. The SMILES string of the molecule is CC/C=C\C/C=C\C/C=C\C/C=C\CCCCC(=O)OC(COC(=O)CCCCCCCCCCCCC)COC(=O)CCCCCCCCCCCCCCCC/C=C\C/C=C\C/C=C\CCCCCCC. The van der Waals surface area contributed by atoms with Gasteiger partial charge in [0, 0.05) is 19.3 Å². The van der Waals surface area contributed by atoms with E-state index in [2.05, 4.69) is 106 Å². The first kappa shape index (κ1) is 69.6. The van der Waals surface area contributed by atoms with E-state index < -0.39 is 6.10 Å². The summed E-state index contributed by atoms with van der Waals surface area (Å²) in [5.74, 6) is -0.925. The quantitative estimate of drug-likeness (QED) is 0.0261. The average molecular weight is 1020 g/mol. The highest BCUT2D eigenvalue weighted by molar-refractivity contribution is 5.71. The fourth-order valence-corrected chi connectivity index (χ4v) is 8.74. The molecular weight excluding hydrogens is 901 g/mol. The van der Waals surface area contributed by atoms with Gasteiger partial charge in [-0.25, -0.2) is 0 Å². The second-order valence-electron chi connectivity index (χ2n) is 20.6. The van der Waals surface area contributed by atoms with Crippen molar-refractivity contribution in [2.45, 2.75) is 309 Å². The van der Waals surface area contributed by atoms with E-state index in [0.717, 1.165) is 89.9 Å². The van der Waals surface area contributed by atoms with Crippen molar-refractivity contribution >= 4 is 17.9 Å². The van der Waals surface area contributed by atoms with E-state index in [1.807, 2.05) is 0 Å². The predicted octanol–water partition coefficient (Wildman–Crippen LogP) is 21.1. The van der Waals surface area contributed by atoms with Crippen LogP contribution in [0.5, 0.6) is 0 Å². The van der Waals surface area contributed by atoms with E-state index in [0.29, 0.717) is 19.3 Å². The molecule has 0 amide bonds. The Morgan fingerprint density at radius 1 is 0.288 bits per heavy atom. The lowest BCUT2D eigenvalue weighted by molar-refractivity contribution is -0.167. The summed E-state index contributed by atoms with van der Waals surface area (Å²) >= 11 is 0. The molecule has 0 fully saturated rings. The van der Waals surface area contributed by atoms with Gasteiger partial charge in [0.2, 0.25) is 0 Å². The standard InChI is InChI=1S/C67H116O6/c1-4-7-10-13-16-19-22-24-26-27-28-29-30-31-32-33-34-35-36-37-38-39-41-42-45-48-51-54-57-60-66(69)72-63-64(62-71-65(68)59-56-53-50-47-44-21-18-15-12-9-6-3)73-67(70)61-58-55-52-49-46-43-40-25-23-20-17-14-11-8-5-2/h8,11,17,20,22,24-25,27-28,30-31,40,46,49,64H,4-7,9-10,12-16,18-19,21,23,26,29,32-39,41-45,47-48,50-63H2,1-3H3/b11-8-,20-17-,24-22-,28-27-,31-30-,40-25-,49-46-. The Kier molecular flexibility index (Phi) is 58.3. The Bertz CT molecular complexity index is 1400. The van der Waals surface area contributed by atoms with Crippen molar-refractivity contribution < 1.29 is 28.6 Å². The van der Waals surface area contributed by atoms with Gasteiger partial charge >= 0.3 is 17.9 Å². The maximum atomic E-state index is 12.8. The number of ether oxygens (including phenoxy) is 3. The predicted molar refractivity (Wildman–Crippen MR) is 316 cm³/mol. The van der Waals surface area contributed by atoms with Gasteiger partial charge in [0.1, 0.15) is 13.2 Å². The zero-order chi connectivity index (χ0) is 52.9. The number of rotatable bonds is 56. The fourth-order valence-electron chi connectivity index (χ4n) is 8.74. The molecule has 0 bridgehead atoms. The smallest absolute Gasteiger partial charge is 0.306 e. The second kappa shape index (κ2) is 61.1. The molecule has 0 saturated heterocycles. The minimum absolute atomic E-state index is 0.0906. The maximum Gasteiger partial charge on any atom is 0.306 e. The summed E-state index contributed by atoms with van der Waals surface area (Å²) in [6.45, 7) is 6.49. The first-order chi connectivity index (χ1) is 36.0. The molecule has 1 unspecified atom stereocenters. The zero-order valence-electron chi connectivity index (χ0n) is 48.1. The molecule has 6 nitrogen and oxygen atoms in total. The summed E-state index contributed by atoms with van der Waals surface area (Å²) in [5.41, 5.74) is 0. The van der Waals surface area contributed by atoms with Crippen molar-refractivity contribution in [3.05, 3.63) is 85.1 Å². The van der Waals surface area contributed by atoms with Crippen LogP contribution in [0.25, 0.3) is 0 Å². The van der Waals surface area contributed by atoms with Gasteiger partial charge in [0.25, 0.3) is 0 Å². The molecule has 73 heavy (non-hydrogen) atoms. The molecule has 0 aliphatic rings. The Hall–Kier alpha value is -3.41. The minimum atomic E-state index is -0.796. The van der Waals surface area contributed by atoms with Crippen LogP contribution in [0.1, 0.15) is 303 Å². The molecule has 0 rings (SSSR count). The largest absolute Gasteiger partial charge is 0.462 e. The van der Waals surface area contributed by atoms with Gasteiger partial charge in [-0.2, -0.15) is 0 Å². The minimum Gasteiger partial charge on any atom is -0.462 e. The molecule has 420 valence electrons. The molecular formula is C67H116O6. The summed E-state index contributed by atoms with van der Waals surface area (Å²) in [4.78, 5) is 38.1. The van der Waals surface area contributed by atoms with Crippen LogP contribution in [0, 0.1) is 0 Å². The summed E-state index contributed by atoms with van der Waals surface area (Å²) < 4.78 is 16.8. The van der Waals surface area contributed by atoms with E-state index in [4.69, 9.17) is 14.2 Å². The second-order valence-corrected chi connectivity index (χ2v) is 20.6. The van der Waals surface area contributed by atoms with Crippen molar-refractivity contribution in [3.63, 3.8) is 0 Å². The molecule has 6 heteroatoms. The zero-order valence-corrected chi connectivity index (χ0v) is 48.1. The van der Waals surface area contributed by atoms with Gasteiger partial charge in [-0.1, -0.05) is 273 Å². The number of carbonyl (C=O) groups excluding carboxylic acids is 3. The Morgan fingerprint density at radius 3 is 0.863 bits per heavy atom. The molecule has 0 aliphatic heterocycles. The molecule has 0 heterocycles. The summed E-state index contributed by atoms with van der Waals surface area (Å²) in [6, 6.07) is 0. The van der Waals surface area contributed by atoms with Crippen molar-refractivity contribution in [2.75, 3.05) is 13.2 Å². The van der Waals surface area contributed by atoms with Gasteiger partial charge in [-0.15, -0.1) is 0 Å². The van der Waals surface area contributed by atoms with Crippen molar-refractivity contribution in [1.82, 2.24) is 0 Å². The molecule has 0 aromatic heterocycles. The summed E-state index contributed by atoms with van der Waals surface area (Å²) in [7, 11) is 0. The average Bonchev–Trinajstić information content (AvgIpc) is 3.39. The first-order valence-electron chi connectivity index (χ1n) is 31.1. The highest BCUT2D eigenvalue weighted by Crippen LogP contribution is 2.16. The molecule has 0 aromatic rings. The summed E-state index contributed by atoms with van der Waals surface area (Å²) in [6.07, 6.45) is 80.3. The van der Waals surface area contributed by atoms with Crippen molar-refractivity contribution in [2.24, 2.45) is 0 Å². The van der Waals surface area contributed by atoms with Gasteiger partial charge in [-0.3, -0.25) is 14.4 Å². The Balaban J connectivity index is 4.22. The third kappa shape index (κ3) is 59.3. The number of unbranched alkanes of at least 4 members (excludes halogenated alkanes) is 31. The molecule has 0 aliphatic carbocycles. The van der Waals surface area contributed by atoms with Crippen LogP contribution in [0.3, 0.4) is 0 Å². The number of hydrogen-bond acceptors (Lipinski definition) is 6.